The molecule has 0 aliphatic heterocycles. The molecule has 2 heterocycles. The molecule has 0 bridgehead atoms. The summed E-state index contributed by atoms with van der Waals surface area (Å²) in [5.41, 5.74) is 2.00. The Balaban J connectivity index is 1.55. The zero-order valence-corrected chi connectivity index (χ0v) is 12.1. The molecule has 0 saturated carbocycles. The monoisotopic (exact) mass is 291 g/mol. The lowest BCUT2D eigenvalue weighted by Gasteiger charge is -2.08. The molecule has 22 heavy (non-hydrogen) atoms. The van der Waals surface area contributed by atoms with Gasteiger partial charge in [0.15, 0.2) is 0 Å². The minimum Gasteiger partial charge on any atom is -0.368 e. The summed E-state index contributed by atoms with van der Waals surface area (Å²) in [5.74, 6) is 1.49. The molecule has 2 aromatic heterocycles. The maximum absolute atomic E-state index is 4.52. The van der Waals surface area contributed by atoms with Crippen LogP contribution in [0.3, 0.4) is 0 Å². The van der Waals surface area contributed by atoms with Crippen molar-refractivity contribution in [3.63, 3.8) is 0 Å². The summed E-state index contributed by atoms with van der Waals surface area (Å²) in [5, 5.41) is 6.44. The molecule has 0 aliphatic carbocycles. The molecule has 0 unspecified atom stereocenters. The maximum atomic E-state index is 4.52. The Labute approximate surface area is 129 Å². The largest absolute Gasteiger partial charge is 0.368 e. The number of rotatable bonds is 6. The van der Waals surface area contributed by atoms with Crippen molar-refractivity contribution in [1.29, 1.82) is 0 Å². The molecule has 0 radical (unpaired) electrons. The van der Waals surface area contributed by atoms with E-state index in [4.69, 9.17) is 0 Å². The fourth-order valence-corrected chi connectivity index (χ4v) is 2.05. The van der Waals surface area contributed by atoms with E-state index in [1.807, 2.05) is 54.6 Å². The van der Waals surface area contributed by atoms with E-state index in [1.165, 1.54) is 0 Å². The molecule has 0 amide bonds. The second kappa shape index (κ2) is 7.17. The topological polar surface area (TPSA) is 62.7 Å². The van der Waals surface area contributed by atoms with E-state index in [9.17, 15) is 0 Å². The molecule has 3 rings (SSSR count). The highest BCUT2D eigenvalue weighted by Crippen LogP contribution is 2.16. The van der Waals surface area contributed by atoms with Crippen molar-refractivity contribution < 1.29 is 0 Å². The van der Waals surface area contributed by atoms with Gasteiger partial charge in [-0.15, -0.1) is 0 Å². The summed E-state index contributed by atoms with van der Waals surface area (Å²) in [6.45, 7) is 1.46. The van der Waals surface area contributed by atoms with E-state index in [2.05, 4.69) is 25.6 Å². The first-order valence-electron chi connectivity index (χ1n) is 7.19. The number of hydrogen-bond acceptors (Lipinski definition) is 5. The van der Waals surface area contributed by atoms with Crippen molar-refractivity contribution in [2.75, 3.05) is 23.7 Å². The highest BCUT2D eigenvalue weighted by atomic mass is 15.1. The molecule has 2 N–H and O–H groups in total. The number of hydrogen-bond donors (Lipinski definition) is 2. The van der Waals surface area contributed by atoms with Gasteiger partial charge in [-0.25, -0.2) is 15.0 Å². The minimum absolute atomic E-state index is 0.629. The summed E-state index contributed by atoms with van der Waals surface area (Å²) in [6, 6.07) is 17.8. The van der Waals surface area contributed by atoms with Crippen LogP contribution in [0.2, 0.25) is 0 Å². The van der Waals surface area contributed by atoms with Crippen LogP contribution in [0.15, 0.2) is 67.0 Å². The molecular formula is C17H17N5. The molecule has 5 heteroatoms. The Bertz CT molecular complexity index is 701. The molecule has 0 saturated heterocycles. The van der Waals surface area contributed by atoms with Crippen LogP contribution in [0.1, 0.15) is 0 Å². The van der Waals surface area contributed by atoms with Crippen LogP contribution in [0.4, 0.5) is 11.8 Å². The second-order valence-electron chi connectivity index (χ2n) is 4.70. The van der Waals surface area contributed by atoms with Gasteiger partial charge in [0.2, 0.25) is 5.95 Å². The summed E-state index contributed by atoms with van der Waals surface area (Å²) in [7, 11) is 0. The van der Waals surface area contributed by atoms with Crippen LogP contribution in [-0.4, -0.2) is 28.0 Å². The lowest BCUT2D eigenvalue weighted by molar-refractivity contribution is 1.02. The van der Waals surface area contributed by atoms with Gasteiger partial charge in [-0.05, 0) is 18.2 Å². The van der Waals surface area contributed by atoms with E-state index in [0.29, 0.717) is 5.95 Å². The average molecular weight is 291 g/mol. The SMILES string of the molecule is c1ccc(-c2ccnc(NCCNc3ccccn3)n2)cc1. The lowest BCUT2D eigenvalue weighted by Crippen LogP contribution is -2.15. The Morgan fingerprint density at radius 3 is 2.36 bits per heavy atom. The zero-order chi connectivity index (χ0) is 15.0. The Morgan fingerprint density at radius 2 is 1.55 bits per heavy atom. The van der Waals surface area contributed by atoms with E-state index in [-0.39, 0.29) is 0 Å². The number of anilines is 2. The Morgan fingerprint density at radius 1 is 0.727 bits per heavy atom. The van der Waals surface area contributed by atoms with Crippen LogP contribution in [0.25, 0.3) is 11.3 Å². The van der Waals surface area contributed by atoms with Crippen LogP contribution < -0.4 is 10.6 Å². The molecule has 110 valence electrons. The zero-order valence-electron chi connectivity index (χ0n) is 12.1. The van der Waals surface area contributed by atoms with Crippen molar-refractivity contribution in [3.05, 3.63) is 67.0 Å². The van der Waals surface area contributed by atoms with Gasteiger partial charge in [0.05, 0.1) is 5.69 Å². The molecule has 3 aromatic rings. The van der Waals surface area contributed by atoms with Gasteiger partial charge in [0.1, 0.15) is 5.82 Å². The van der Waals surface area contributed by atoms with E-state index in [1.54, 1.807) is 12.4 Å². The first kappa shape index (κ1) is 14.0. The maximum Gasteiger partial charge on any atom is 0.223 e. The molecule has 0 fully saturated rings. The Kier molecular flexibility index (Phi) is 4.57. The van der Waals surface area contributed by atoms with Gasteiger partial charge in [0, 0.05) is 31.0 Å². The number of benzene rings is 1. The molecule has 1 aromatic carbocycles. The fraction of sp³-hybridized carbons (Fsp3) is 0.118. The summed E-state index contributed by atoms with van der Waals surface area (Å²) in [4.78, 5) is 13.0. The third-order valence-corrected chi connectivity index (χ3v) is 3.10. The normalized spacial score (nSPS) is 10.2. The van der Waals surface area contributed by atoms with Crippen molar-refractivity contribution in [2.45, 2.75) is 0 Å². The van der Waals surface area contributed by atoms with E-state index in [0.717, 1.165) is 30.2 Å². The second-order valence-corrected chi connectivity index (χ2v) is 4.70. The van der Waals surface area contributed by atoms with Crippen molar-refractivity contribution in [2.24, 2.45) is 0 Å². The fourth-order valence-electron chi connectivity index (χ4n) is 2.05. The quantitative estimate of drug-likeness (QED) is 0.683. The minimum atomic E-state index is 0.629. The van der Waals surface area contributed by atoms with E-state index >= 15 is 0 Å². The third-order valence-electron chi connectivity index (χ3n) is 3.10. The van der Waals surface area contributed by atoms with Crippen LogP contribution in [-0.2, 0) is 0 Å². The van der Waals surface area contributed by atoms with Crippen molar-refractivity contribution >= 4 is 11.8 Å². The highest BCUT2D eigenvalue weighted by molar-refractivity contribution is 5.59. The number of aromatic nitrogens is 3. The molecular weight excluding hydrogens is 274 g/mol. The number of nitrogens with one attached hydrogen (secondary N) is 2. The first-order chi connectivity index (χ1) is 10.9. The van der Waals surface area contributed by atoms with Gasteiger partial charge >= 0.3 is 0 Å². The van der Waals surface area contributed by atoms with Gasteiger partial charge in [-0.2, -0.15) is 0 Å². The number of nitrogens with zero attached hydrogens (tertiary/aromatic N) is 3. The highest BCUT2D eigenvalue weighted by Gasteiger charge is 2.01. The Hall–Kier alpha value is -2.95. The smallest absolute Gasteiger partial charge is 0.223 e. The predicted molar refractivity (Wildman–Crippen MR) is 88.7 cm³/mol. The van der Waals surface area contributed by atoms with Crippen molar-refractivity contribution in [1.82, 2.24) is 15.0 Å². The standard InChI is InChI=1S/C17H17N5/c1-2-6-14(7-3-1)15-9-11-20-17(22-15)21-13-12-19-16-8-4-5-10-18-16/h1-11H,12-13H2,(H,18,19)(H,20,21,22). The molecule has 5 nitrogen and oxygen atoms in total. The third kappa shape index (κ3) is 3.79. The first-order valence-corrected chi connectivity index (χ1v) is 7.19. The molecule has 0 atom stereocenters. The lowest BCUT2D eigenvalue weighted by atomic mass is 10.1. The van der Waals surface area contributed by atoms with Crippen LogP contribution in [0.5, 0.6) is 0 Å². The van der Waals surface area contributed by atoms with E-state index < -0.39 is 0 Å². The predicted octanol–water partition coefficient (Wildman–Crippen LogP) is 3.06. The van der Waals surface area contributed by atoms with Crippen LogP contribution in [0, 0.1) is 0 Å². The summed E-state index contributed by atoms with van der Waals surface area (Å²) >= 11 is 0. The number of pyridine rings is 1. The van der Waals surface area contributed by atoms with Crippen molar-refractivity contribution in [3.8, 4) is 11.3 Å². The summed E-state index contributed by atoms with van der Waals surface area (Å²) < 4.78 is 0. The summed E-state index contributed by atoms with van der Waals surface area (Å²) in [6.07, 6.45) is 3.53. The van der Waals surface area contributed by atoms with Gasteiger partial charge in [-0.1, -0.05) is 36.4 Å². The van der Waals surface area contributed by atoms with Gasteiger partial charge in [0.25, 0.3) is 0 Å². The van der Waals surface area contributed by atoms with Gasteiger partial charge in [-0.3, -0.25) is 0 Å². The molecule has 0 aliphatic rings. The van der Waals surface area contributed by atoms with Crippen LogP contribution >= 0.6 is 0 Å². The van der Waals surface area contributed by atoms with Gasteiger partial charge < -0.3 is 10.6 Å². The average Bonchev–Trinajstić information content (AvgIpc) is 2.61. The molecule has 0 spiro atoms.